The van der Waals surface area contributed by atoms with Gasteiger partial charge in [-0.15, -0.1) is 0 Å². The van der Waals surface area contributed by atoms with Gasteiger partial charge in [-0.25, -0.2) is 0 Å². The van der Waals surface area contributed by atoms with Gasteiger partial charge in [-0.1, -0.05) is 146 Å². The van der Waals surface area contributed by atoms with Crippen molar-refractivity contribution in [1.29, 1.82) is 0 Å². The Morgan fingerprint density at radius 2 is 0.887 bits per heavy atom. The van der Waals surface area contributed by atoms with Gasteiger partial charge in [0.05, 0.1) is 11.0 Å². The first-order valence-electron chi connectivity index (χ1n) is 17.7. The monoisotopic (exact) mass is 772 g/mol. The van der Waals surface area contributed by atoms with Crippen molar-refractivity contribution < 1.29 is 20.4 Å². The van der Waals surface area contributed by atoms with Crippen LogP contribution in [0.2, 0.25) is 0 Å². The minimum Gasteiger partial charge on any atom is -0.355 e. The molecule has 0 saturated heterocycles. The number of hydrogen-bond acceptors (Lipinski definition) is 0. The smallest absolute Gasteiger partial charge is 0.0572 e. The molecule has 5 heterocycles. The van der Waals surface area contributed by atoms with Crippen molar-refractivity contribution in [2.24, 2.45) is 0 Å². The van der Waals surface area contributed by atoms with Crippen LogP contribution in [-0.4, -0.2) is 19.9 Å². The molecule has 1 aliphatic rings. The molecule has 4 aromatic heterocycles. The fraction of sp³-hybridized carbons (Fsp3) is 0. The second-order valence-corrected chi connectivity index (χ2v) is 13.3. The number of fused-ring (bicyclic) bond motifs is 11. The van der Waals surface area contributed by atoms with Crippen molar-refractivity contribution in [1.82, 2.24) is 19.9 Å². The van der Waals surface area contributed by atoms with E-state index in [9.17, 15) is 0 Å². The van der Waals surface area contributed by atoms with E-state index in [0.29, 0.717) is 0 Å². The second kappa shape index (κ2) is 13.6. The van der Waals surface area contributed by atoms with Crippen LogP contribution in [-0.2, 0) is 20.4 Å². The molecule has 4 N–H and O–H groups in total. The number of hydrogen-bond donors (Lipinski definition) is 4. The third kappa shape index (κ3) is 5.87. The summed E-state index contributed by atoms with van der Waals surface area (Å²) in [6.07, 6.45) is 6.69. The van der Waals surface area contributed by atoms with Crippen LogP contribution >= 0.6 is 0 Å². The first kappa shape index (κ1) is 32.5. The summed E-state index contributed by atoms with van der Waals surface area (Å²) in [6, 6.07) is 58.2. The SMILES string of the molecule is C1=c2cc(-c3ccccc3)c([nH]2)=C(c2ccccc2)c2[nH]c(c(-c3ccccc3)c2-c2ccccc2)C=c2[nH]c(c3ccccc23)=Cc2ccc1[nH]2.[Pd]. The predicted octanol–water partition coefficient (Wildman–Crippen LogP) is 8.20. The van der Waals surface area contributed by atoms with E-state index in [2.05, 4.69) is 202 Å². The van der Waals surface area contributed by atoms with Gasteiger partial charge < -0.3 is 19.9 Å². The number of aromatic nitrogens is 4. The van der Waals surface area contributed by atoms with Crippen LogP contribution in [0.1, 0.15) is 28.3 Å². The molecule has 0 radical (unpaired) electrons. The zero-order valence-corrected chi connectivity index (χ0v) is 30.2. The van der Waals surface area contributed by atoms with Crippen LogP contribution in [0, 0.1) is 0 Å². The Kier molecular flexibility index (Phi) is 8.37. The summed E-state index contributed by atoms with van der Waals surface area (Å²) in [5, 5.41) is 6.51. The minimum absolute atomic E-state index is 0. The van der Waals surface area contributed by atoms with Crippen molar-refractivity contribution in [3.63, 3.8) is 0 Å². The van der Waals surface area contributed by atoms with Gasteiger partial charge in [-0.05, 0) is 58.7 Å². The fourth-order valence-corrected chi connectivity index (χ4v) is 7.75. The summed E-state index contributed by atoms with van der Waals surface area (Å²) in [4.78, 5) is 15.4. The number of rotatable bonds is 4. The fourth-order valence-electron chi connectivity index (χ4n) is 7.75. The zero-order chi connectivity index (χ0) is 34.4. The molecule has 0 spiro atoms. The number of nitrogens with one attached hydrogen (secondary N) is 4. The topological polar surface area (TPSA) is 63.2 Å². The first-order chi connectivity index (χ1) is 25.8. The molecule has 0 saturated carbocycles. The van der Waals surface area contributed by atoms with E-state index in [0.717, 1.165) is 88.7 Å². The Bertz CT molecular complexity index is 2980. The van der Waals surface area contributed by atoms with Crippen LogP contribution in [0.25, 0.3) is 68.0 Å². The van der Waals surface area contributed by atoms with Crippen molar-refractivity contribution in [2.75, 3.05) is 0 Å². The molecule has 0 unspecified atom stereocenters. The molecule has 10 rings (SSSR count). The Morgan fingerprint density at radius 3 is 1.51 bits per heavy atom. The third-order valence-electron chi connectivity index (χ3n) is 10.0. The van der Waals surface area contributed by atoms with Gasteiger partial charge >= 0.3 is 0 Å². The summed E-state index contributed by atoms with van der Waals surface area (Å²) in [5.41, 5.74) is 13.2. The molecular formula is C48H34N4Pd. The molecule has 5 heteroatoms. The maximum Gasteiger partial charge on any atom is 0.0572 e. The number of benzene rings is 5. The third-order valence-corrected chi connectivity index (χ3v) is 10.0. The Labute approximate surface area is 320 Å². The van der Waals surface area contributed by atoms with E-state index in [-0.39, 0.29) is 20.4 Å². The van der Waals surface area contributed by atoms with Crippen molar-refractivity contribution >= 4 is 34.6 Å². The van der Waals surface area contributed by atoms with E-state index in [1.807, 2.05) is 0 Å². The standard InChI is InChI=1S/C48H34N4.Pd/c1-5-15-31(16-6-1)40-28-37-27-35-25-26-36(49-35)29-41-38-23-13-14-24-39(38)42(51-41)30-43-44(32-17-7-2-8-18-32)45(33-19-9-3-10-20-33)48(52-43)46(47(40)50-37)34-21-11-4-12-22-34;/h1-30,49-52H;. The number of H-pyrrole nitrogens is 4. The summed E-state index contributed by atoms with van der Waals surface area (Å²) >= 11 is 0. The van der Waals surface area contributed by atoms with Gasteiger partial charge in [0.2, 0.25) is 0 Å². The van der Waals surface area contributed by atoms with E-state index >= 15 is 0 Å². The summed E-state index contributed by atoms with van der Waals surface area (Å²) in [7, 11) is 0. The molecule has 0 amide bonds. The average Bonchev–Trinajstić information content (AvgIpc) is 3.99. The van der Waals surface area contributed by atoms with Crippen molar-refractivity contribution in [3.05, 3.63) is 214 Å². The van der Waals surface area contributed by atoms with Gasteiger partial charge in [0.15, 0.2) is 0 Å². The molecule has 53 heavy (non-hydrogen) atoms. The molecule has 0 aliphatic carbocycles. The summed E-state index contributed by atoms with van der Waals surface area (Å²) in [5.74, 6) is 0. The van der Waals surface area contributed by atoms with Crippen LogP contribution in [0.15, 0.2) is 164 Å². The summed E-state index contributed by atoms with van der Waals surface area (Å²) < 4.78 is 0. The maximum atomic E-state index is 4.06. The van der Waals surface area contributed by atoms with Crippen molar-refractivity contribution in [2.45, 2.75) is 0 Å². The largest absolute Gasteiger partial charge is 0.355 e. The Morgan fingerprint density at radius 1 is 0.377 bits per heavy atom. The second-order valence-electron chi connectivity index (χ2n) is 13.3. The summed E-state index contributed by atoms with van der Waals surface area (Å²) in [6.45, 7) is 0. The van der Waals surface area contributed by atoms with Gasteiger partial charge in [-0.2, -0.15) is 0 Å². The van der Waals surface area contributed by atoms with E-state index < -0.39 is 0 Å². The number of aromatic amines is 4. The van der Waals surface area contributed by atoms with E-state index in [1.165, 1.54) is 10.8 Å². The van der Waals surface area contributed by atoms with Crippen LogP contribution < -0.4 is 21.4 Å². The molecule has 0 fully saturated rings. The Balaban J connectivity index is 0.00000372. The normalized spacial score (nSPS) is 12.0. The maximum absolute atomic E-state index is 4.06. The molecular weight excluding hydrogens is 739 g/mol. The molecule has 4 nitrogen and oxygen atoms in total. The van der Waals surface area contributed by atoms with E-state index in [4.69, 9.17) is 0 Å². The Hall–Kier alpha value is -6.38. The minimum atomic E-state index is 0. The quantitative estimate of drug-likeness (QED) is 0.131. The average molecular weight is 773 g/mol. The molecule has 9 aromatic rings. The van der Waals surface area contributed by atoms with Crippen molar-refractivity contribution in [3.8, 4) is 33.4 Å². The van der Waals surface area contributed by atoms with E-state index in [1.54, 1.807) is 0 Å². The first-order valence-corrected chi connectivity index (χ1v) is 17.7. The predicted molar refractivity (Wildman–Crippen MR) is 214 cm³/mol. The zero-order valence-electron chi connectivity index (χ0n) is 28.6. The van der Waals surface area contributed by atoms with Crippen LogP contribution in [0.4, 0.5) is 0 Å². The molecule has 0 atom stereocenters. The van der Waals surface area contributed by atoms with Crippen LogP contribution in [0.3, 0.4) is 0 Å². The molecule has 256 valence electrons. The van der Waals surface area contributed by atoms with Gasteiger partial charge in [0, 0.05) is 86.6 Å². The molecule has 5 aromatic carbocycles. The molecule has 8 bridgehead atoms. The van der Waals surface area contributed by atoms with Gasteiger partial charge in [0.25, 0.3) is 0 Å². The van der Waals surface area contributed by atoms with Gasteiger partial charge in [0.1, 0.15) is 0 Å². The molecule has 1 aliphatic heterocycles. The van der Waals surface area contributed by atoms with Gasteiger partial charge in [-0.3, -0.25) is 0 Å². The van der Waals surface area contributed by atoms with Crippen LogP contribution in [0.5, 0.6) is 0 Å².